The second-order valence-electron chi connectivity index (χ2n) is 7.84. The van der Waals surface area contributed by atoms with E-state index in [1.807, 2.05) is 18.2 Å². The first-order chi connectivity index (χ1) is 16.5. The molecule has 0 unspecified atom stereocenters. The van der Waals surface area contributed by atoms with E-state index in [4.69, 9.17) is 11.6 Å². The monoisotopic (exact) mass is 469 g/mol. The van der Waals surface area contributed by atoms with E-state index in [0.29, 0.717) is 44.7 Å². The van der Waals surface area contributed by atoms with Crippen LogP contribution >= 0.6 is 11.6 Å². The number of nitriles is 1. The molecular formula is C26H17ClFN5O. The molecule has 166 valence electrons. The van der Waals surface area contributed by atoms with Gasteiger partial charge >= 0.3 is 0 Å². The molecule has 0 saturated heterocycles. The summed E-state index contributed by atoms with van der Waals surface area (Å²) in [6, 6.07) is 15.9. The molecule has 2 N–H and O–H groups in total. The molecule has 34 heavy (non-hydrogen) atoms. The number of H-pyrrole nitrogens is 1. The molecule has 8 heteroatoms. The van der Waals surface area contributed by atoms with Gasteiger partial charge in [0.1, 0.15) is 5.82 Å². The predicted molar refractivity (Wildman–Crippen MR) is 128 cm³/mol. The third-order valence-corrected chi connectivity index (χ3v) is 5.94. The SMILES string of the molecule is N#Cc1ccnc2ccc(Cc3cc(C(=O)NCc4cc5c(Cl)c[nH]c5cc4F)ccn3)cc12. The van der Waals surface area contributed by atoms with Gasteiger partial charge in [0.25, 0.3) is 5.91 Å². The van der Waals surface area contributed by atoms with Crippen LogP contribution in [0, 0.1) is 17.1 Å². The highest BCUT2D eigenvalue weighted by atomic mass is 35.5. The van der Waals surface area contributed by atoms with Crippen LogP contribution in [0.1, 0.15) is 32.7 Å². The molecule has 5 rings (SSSR count). The van der Waals surface area contributed by atoms with Crippen LogP contribution in [0.2, 0.25) is 5.02 Å². The lowest BCUT2D eigenvalue weighted by molar-refractivity contribution is 0.0950. The molecule has 0 radical (unpaired) electrons. The number of carbonyl (C=O) groups excluding carboxylic acids is 1. The number of nitrogens with one attached hydrogen (secondary N) is 2. The molecule has 6 nitrogen and oxygen atoms in total. The van der Waals surface area contributed by atoms with Gasteiger partial charge in [-0.2, -0.15) is 5.26 Å². The smallest absolute Gasteiger partial charge is 0.251 e. The van der Waals surface area contributed by atoms with Crippen molar-refractivity contribution in [2.24, 2.45) is 0 Å². The number of nitrogens with zero attached hydrogens (tertiary/aromatic N) is 3. The Hall–Kier alpha value is -4.28. The van der Waals surface area contributed by atoms with Gasteiger partial charge in [0, 0.05) is 64.7 Å². The fourth-order valence-electron chi connectivity index (χ4n) is 3.89. The number of fused-ring (bicyclic) bond motifs is 2. The van der Waals surface area contributed by atoms with E-state index in [0.717, 1.165) is 16.5 Å². The normalized spacial score (nSPS) is 11.0. The van der Waals surface area contributed by atoms with E-state index < -0.39 is 5.82 Å². The molecule has 0 spiro atoms. The van der Waals surface area contributed by atoms with Gasteiger partial charge in [-0.25, -0.2) is 4.39 Å². The molecular weight excluding hydrogens is 453 g/mol. The summed E-state index contributed by atoms with van der Waals surface area (Å²) >= 11 is 6.12. The molecule has 1 amide bonds. The van der Waals surface area contributed by atoms with Gasteiger partial charge in [0.2, 0.25) is 0 Å². The summed E-state index contributed by atoms with van der Waals surface area (Å²) in [6.45, 7) is 0.0222. The van der Waals surface area contributed by atoms with E-state index in [-0.39, 0.29) is 12.5 Å². The number of halogens is 2. The Labute approximate surface area is 199 Å². The highest BCUT2D eigenvalue weighted by molar-refractivity contribution is 6.35. The molecule has 3 aromatic heterocycles. The number of carbonyl (C=O) groups is 1. The van der Waals surface area contributed by atoms with Crippen molar-refractivity contribution in [3.05, 3.63) is 106 Å². The minimum atomic E-state index is -0.427. The number of pyridine rings is 2. The second-order valence-corrected chi connectivity index (χ2v) is 8.25. The Kier molecular flexibility index (Phi) is 5.66. The average Bonchev–Trinajstić information content (AvgIpc) is 3.21. The largest absolute Gasteiger partial charge is 0.360 e. The van der Waals surface area contributed by atoms with E-state index in [1.165, 1.54) is 6.07 Å². The third kappa shape index (κ3) is 4.19. The number of aromatic nitrogens is 3. The fourth-order valence-corrected chi connectivity index (χ4v) is 4.10. The van der Waals surface area contributed by atoms with Gasteiger partial charge < -0.3 is 10.3 Å². The minimum Gasteiger partial charge on any atom is -0.360 e. The first-order valence-electron chi connectivity index (χ1n) is 10.5. The van der Waals surface area contributed by atoms with Crippen molar-refractivity contribution in [1.29, 1.82) is 5.26 Å². The molecule has 0 atom stereocenters. The van der Waals surface area contributed by atoms with Gasteiger partial charge in [-0.15, -0.1) is 0 Å². The van der Waals surface area contributed by atoms with Crippen LogP contribution in [-0.4, -0.2) is 20.9 Å². The van der Waals surface area contributed by atoms with Gasteiger partial charge in [-0.3, -0.25) is 14.8 Å². The van der Waals surface area contributed by atoms with E-state index >= 15 is 0 Å². The number of amides is 1. The van der Waals surface area contributed by atoms with E-state index in [9.17, 15) is 14.4 Å². The molecule has 0 fully saturated rings. The first kappa shape index (κ1) is 21.6. The number of hydrogen-bond acceptors (Lipinski definition) is 4. The maximum Gasteiger partial charge on any atom is 0.251 e. The summed E-state index contributed by atoms with van der Waals surface area (Å²) in [7, 11) is 0. The zero-order valence-electron chi connectivity index (χ0n) is 17.8. The quantitative estimate of drug-likeness (QED) is 0.365. The number of rotatable bonds is 5. The van der Waals surface area contributed by atoms with Crippen LogP contribution in [0.25, 0.3) is 21.8 Å². The molecule has 0 aliphatic carbocycles. The second kappa shape index (κ2) is 8.93. The molecule has 0 bridgehead atoms. The fraction of sp³-hybridized carbons (Fsp3) is 0.0769. The lowest BCUT2D eigenvalue weighted by atomic mass is 10.0. The molecule has 5 aromatic rings. The highest BCUT2D eigenvalue weighted by Gasteiger charge is 2.12. The Morgan fingerprint density at radius 3 is 2.79 bits per heavy atom. The third-order valence-electron chi connectivity index (χ3n) is 5.63. The maximum absolute atomic E-state index is 14.4. The van der Waals surface area contributed by atoms with Crippen LogP contribution in [0.4, 0.5) is 4.39 Å². The number of aromatic amines is 1. The van der Waals surface area contributed by atoms with Gasteiger partial charge in [0.15, 0.2) is 0 Å². The van der Waals surface area contributed by atoms with E-state index in [2.05, 4.69) is 26.3 Å². The molecule has 0 aliphatic rings. The predicted octanol–water partition coefficient (Wildman–Crippen LogP) is 5.30. The van der Waals surface area contributed by atoms with Crippen molar-refractivity contribution in [3.8, 4) is 6.07 Å². The minimum absolute atomic E-state index is 0.0222. The standard InChI is InChI=1S/C26H17ClFN5O/c27-22-14-32-25-11-23(28)18(10-21(22)25)13-33-26(34)16-3-5-30-19(9-16)7-15-1-2-24-20(8-15)17(12-29)4-6-31-24/h1-6,8-11,14,32H,7,13H2,(H,33,34). The Balaban J connectivity index is 1.33. The first-order valence-corrected chi connectivity index (χ1v) is 10.9. The summed E-state index contributed by atoms with van der Waals surface area (Å²) < 4.78 is 14.4. The van der Waals surface area contributed by atoms with Crippen molar-refractivity contribution in [1.82, 2.24) is 20.3 Å². The lowest BCUT2D eigenvalue weighted by Gasteiger charge is -2.09. The van der Waals surface area contributed by atoms with Crippen LogP contribution in [0.5, 0.6) is 0 Å². The lowest BCUT2D eigenvalue weighted by Crippen LogP contribution is -2.23. The van der Waals surface area contributed by atoms with Gasteiger partial charge in [-0.05, 0) is 48.0 Å². The zero-order valence-corrected chi connectivity index (χ0v) is 18.5. The van der Waals surface area contributed by atoms with Crippen LogP contribution in [-0.2, 0) is 13.0 Å². The molecule has 0 saturated carbocycles. The van der Waals surface area contributed by atoms with Crippen LogP contribution in [0.3, 0.4) is 0 Å². The van der Waals surface area contributed by atoms with Crippen LogP contribution < -0.4 is 5.32 Å². The van der Waals surface area contributed by atoms with Crippen molar-refractivity contribution >= 4 is 39.3 Å². The van der Waals surface area contributed by atoms with Gasteiger partial charge in [-0.1, -0.05) is 17.7 Å². The Morgan fingerprint density at radius 2 is 1.94 bits per heavy atom. The number of hydrogen-bond donors (Lipinski definition) is 2. The molecule has 3 heterocycles. The maximum atomic E-state index is 14.4. The van der Waals surface area contributed by atoms with Crippen molar-refractivity contribution in [2.45, 2.75) is 13.0 Å². The zero-order chi connectivity index (χ0) is 23.7. The molecule has 2 aromatic carbocycles. The van der Waals surface area contributed by atoms with Gasteiger partial charge in [0.05, 0.1) is 22.2 Å². The Bertz CT molecular complexity index is 1600. The average molecular weight is 470 g/mol. The summed E-state index contributed by atoms with van der Waals surface area (Å²) in [4.78, 5) is 24.3. The number of benzene rings is 2. The van der Waals surface area contributed by atoms with Crippen molar-refractivity contribution in [3.63, 3.8) is 0 Å². The van der Waals surface area contributed by atoms with Crippen LogP contribution in [0.15, 0.2) is 67.1 Å². The molecule has 0 aliphatic heterocycles. The van der Waals surface area contributed by atoms with E-state index in [1.54, 1.807) is 42.9 Å². The highest BCUT2D eigenvalue weighted by Crippen LogP contribution is 2.26. The summed E-state index contributed by atoms with van der Waals surface area (Å²) in [6.07, 6.45) is 5.26. The summed E-state index contributed by atoms with van der Waals surface area (Å²) in [5, 5.41) is 14.1. The Morgan fingerprint density at radius 1 is 1.09 bits per heavy atom. The topological polar surface area (TPSA) is 94.5 Å². The van der Waals surface area contributed by atoms with Crippen molar-refractivity contribution < 1.29 is 9.18 Å². The summed E-state index contributed by atoms with van der Waals surface area (Å²) in [5.74, 6) is -0.762. The summed E-state index contributed by atoms with van der Waals surface area (Å²) in [5.41, 5.74) is 4.31. The van der Waals surface area contributed by atoms with Crippen molar-refractivity contribution in [2.75, 3.05) is 0 Å².